The number of allylic oxidation sites excluding steroid dienone is 3. The van der Waals surface area contributed by atoms with Gasteiger partial charge in [-0.1, -0.05) is 30.4 Å². The molecule has 0 bridgehead atoms. The fourth-order valence-electron chi connectivity index (χ4n) is 1.33. The lowest BCUT2D eigenvalue weighted by atomic mass is 10.1. The number of carbonyl (C=O) groups excluding carboxylic acids is 1. The molecule has 0 saturated heterocycles. The Morgan fingerprint density at radius 2 is 1.86 bits per heavy atom. The standard InChI is InChI=1S/C16H27NO4/c1-13(18)8-4-5-9-14(19)10-6-7-11-15(20)17-12-16(2,3)21/h4-5,7-9,11,13-14,18-19,21H,6,10,12H2,1-3H3,(H,17,20)/b8-4+,9-5+,11-7+/t13-,14+/m1/s1. The van der Waals surface area contributed by atoms with Crippen LogP contribution in [0.5, 0.6) is 0 Å². The molecule has 0 aliphatic carbocycles. The first-order chi connectivity index (χ1) is 9.70. The molecule has 0 rings (SSSR count). The number of hydrogen-bond donors (Lipinski definition) is 4. The van der Waals surface area contributed by atoms with Crippen LogP contribution in [0.2, 0.25) is 0 Å². The zero-order valence-electron chi connectivity index (χ0n) is 13.0. The molecule has 5 heteroatoms. The lowest BCUT2D eigenvalue weighted by Crippen LogP contribution is -2.37. The second-order valence-electron chi connectivity index (χ2n) is 5.59. The topological polar surface area (TPSA) is 89.8 Å². The normalized spacial score (nSPS) is 15.9. The first kappa shape index (κ1) is 19.6. The molecule has 2 atom stereocenters. The molecule has 0 radical (unpaired) electrons. The largest absolute Gasteiger partial charge is 0.389 e. The van der Waals surface area contributed by atoms with E-state index in [4.69, 9.17) is 5.11 Å². The predicted molar refractivity (Wildman–Crippen MR) is 83.6 cm³/mol. The van der Waals surface area contributed by atoms with Gasteiger partial charge in [0.15, 0.2) is 0 Å². The third-order valence-corrected chi connectivity index (χ3v) is 2.43. The molecule has 0 spiro atoms. The summed E-state index contributed by atoms with van der Waals surface area (Å²) in [5.74, 6) is -0.262. The second-order valence-corrected chi connectivity index (χ2v) is 5.59. The number of amides is 1. The molecule has 0 aliphatic heterocycles. The van der Waals surface area contributed by atoms with Gasteiger partial charge in [-0.3, -0.25) is 4.79 Å². The van der Waals surface area contributed by atoms with Gasteiger partial charge in [-0.2, -0.15) is 0 Å². The molecule has 0 aromatic rings. The summed E-state index contributed by atoms with van der Waals surface area (Å²) >= 11 is 0. The minimum atomic E-state index is -0.927. The highest BCUT2D eigenvalue weighted by molar-refractivity contribution is 5.87. The lowest BCUT2D eigenvalue weighted by Gasteiger charge is -2.16. The molecule has 1 amide bonds. The van der Waals surface area contributed by atoms with Crippen molar-refractivity contribution in [3.63, 3.8) is 0 Å². The van der Waals surface area contributed by atoms with Crippen LogP contribution in [0.1, 0.15) is 33.6 Å². The highest BCUT2D eigenvalue weighted by Crippen LogP contribution is 2.01. The fraction of sp³-hybridized carbons (Fsp3) is 0.562. The quantitative estimate of drug-likeness (QED) is 0.378. The molecule has 0 saturated carbocycles. The van der Waals surface area contributed by atoms with Crippen LogP contribution < -0.4 is 5.32 Å². The van der Waals surface area contributed by atoms with Crippen LogP contribution in [0, 0.1) is 0 Å². The highest BCUT2D eigenvalue weighted by Gasteiger charge is 2.12. The summed E-state index contributed by atoms with van der Waals surface area (Å²) < 4.78 is 0. The van der Waals surface area contributed by atoms with E-state index in [9.17, 15) is 15.0 Å². The van der Waals surface area contributed by atoms with E-state index in [1.807, 2.05) is 0 Å². The summed E-state index contributed by atoms with van der Waals surface area (Å²) in [7, 11) is 0. The van der Waals surface area contributed by atoms with Gasteiger partial charge in [0.05, 0.1) is 17.8 Å². The average molecular weight is 297 g/mol. The summed E-state index contributed by atoms with van der Waals surface area (Å²) in [6.07, 6.45) is 9.65. The van der Waals surface area contributed by atoms with Crippen LogP contribution in [0.4, 0.5) is 0 Å². The highest BCUT2D eigenvalue weighted by atomic mass is 16.3. The number of carbonyl (C=O) groups is 1. The molecule has 120 valence electrons. The average Bonchev–Trinajstić information content (AvgIpc) is 2.36. The van der Waals surface area contributed by atoms with Gasteiger partial charge in [-0.15, -0.1) is 0 Å². The van der Waals surface area contributed by atoms with Crippen LogP contribution in [0.3, 0.4) is 0 Å². The Morgan fingerprint density at radius 1 is 1.24 bits per heavy atom. The minimum absolute atomic E-state index is 0.192. The van der Waals surface area contributed by atoms with Gasteiger partial charge < -0.3 is 20.6 Å². The maximum atomic E-state index is 11.4. The lowest BCUT2D eigenvalue weighted by molar-refractivity contribution is -0.117. The Hall–Kier alpha value is -1.43. The van der Waals surface area contributed by atoms with Crippen molar-refractivity contribution >= 4 is 5.91 Å². The maximum absolute atomic E-state index is 11.4. The van der Waals surface area contributed by atoms with Crippen molar-refractivity contribution in [1.29, 1.82) is 0 Å². The van der Waals surface area contributed by atoms with E-state index in [1.165, 1.54) is 6.08 Å². The van der Waals surface area contributed by atoms with E-state index in [0.717, 1.165) is 0 Å². The van der Waals surface area contributed by atoms with E-state index in [0.29, 0.717) is 12.8 Å². The second kappa shape index (κ2) is 10.3. The van der Waals surface area contributed by atoms with Crippen molar-refractivity contribution in [2.24, 2.45) is 0 Å². The van der Waals surface area contributed by atoms with Crippen LogP contribution in [-0.2, 0) is 4.79 Å². The maximum Gasteiger partial charge on any atom is 0.243 e. The minimum Gasteiger partial charge on any atom is -0.389 e. The number of nitrogens with one attached hydrogen (secondary N) is 1. The molecule has 4 N–H and O–H groups in total. The monoisotopic (exact) mass is 297 g/mol. The number of rotatable bonds is 9. The molecule has 0 aromatic heterocycles. The zero-order valence-corrected chi connectivity index (χ0v) is 13.0. The Morgan fingerprint density at radius 3 is 2.43 bits per heavy atom. The first-order valence-corrected chi connectivity index (χ1v) is 7.08. The SMILES string of the molecule is C[C@@H](O)/C=C/C=C/[C@H](O)CC/C=C/C(=O)NCC(C)(C)O. The van der Waals surface area contributed by atoms with Crippen molar-refractivity contribution in [2.45, 2.75) is 51.4 Å². The molecule has 0 aliphatic rings. The summed E-state index contributed by atoms with van der Waals surface area (Å²) in [4.78, 5) is 11.4. The van der Waals surface area contributed by atoms with Crippen molar-refractivity contribution in [3.8, 4) is 0 Å². The van der Waals surface area contributed by atoms with Crippen molar-refractivity contribution in [3.05, 3.63) is 36.5 Å². The molecular formula is C16H27NO4. The Balaban J connectivity index is 3.87. The van der Waals surface area contributed by atoms with Gasteiger partial charge in [0.2, 0.25) is 5.91 Å². The summed E-state index contributed by atoms with van der Waals surface area (Å²) in [6.45, 7) is 5.07. The van der Waals surface area contributed by atoms with Crippen molar-refractivity contribution < 1.29 is 20.1 Å². The Kier molecular flexibility index (Phi) is 9.62. The predicted octanol–water partition coefficient (Wildman–Crippen LogP) is 1.06. The third-order valence-electron chi connectivity index (χ3n) is 2.43. The summed E-state index contributed by atoms with van der Waals surface area (Å²) in [6, 6.07) is 0. The van der Waals surface area contributed by atoms with Crippen LogP contribution in [0.15, 0.2) is 36.5 Å². The van der Waals surface area contributed by atoms with Crippen LogP contribution in [0.25, 0.3) is 0 Å². The molecular weight excluding hydrogens is 270 g/mol. The van der Waals surface area contributed by atoms with Crippen LogP contribution in [-0.4, -0.2) is 45.6 Å². The number of aliphatic hydroxyl groups excluding tert-OH is 2. The molecule has 5 nitrogen and oxygen atoms in total. The van der Waals surface area contributed by atoms with Crippen LogP contribution >= 0.6 is 0 Å². The first-order valence-electron chi connectivity index (χ1n) is 7.08. The molecule has 0 aromatic carbocycles. The summed E-state index contributed by atoms with van der Waals surface area (Å²) in [5, 5.41) is 30.7. The third kappa shape index (κ3) is 14.8. The van der Waals surface area contributed by atoms with Gasteiger partial charge in [0.25, 0.3) is 0 Å². The number of hydrogen-bond acceptors (Lipinski definition) is 4. The van der Waals surface area contributed by atoms with E-state index >= 15 is 0 Å². The van der Waals surface area contributed by atoms with E-state index < -0.39 is 17.8 Å². The van der Waals surface area contributed by atoms with Gasteiger partial charge in [0.1, 0.15) is 0 Å². The molecule has 0 heterocycles. The van der Waals surface area contributed by atoms with Gasteiger partial charge in [-0.05, 0) is 39.7 Å². The van der Waals surface area contributed by atoms with Crippen molar-refractivity contribution in [2.75, 3.05) is 6.54 Å². The number of aliphatic hydroxyl groups is 3. The van der Waals surface area contributed by atoms with E-state index in [1.54, 1.807) is 51.2 Å². The Labute approximate surface area is 126 Å². The van der Waals surface area contributed by atoms with Crippen molar-refractivity contribution in [1.82, 2.24) is 5.32 Å². The Bertz CT molecular complexity index is 378. The van der Waals surface area contributed by atoms with E-state index in [2.05, 4.69) is 5.32 Å². The fourth-order valence-corrected chi connectivity index (χ4v) is 1.33. The van der Waals surface area contributed by atoms with Gasteiger partial charge in [0, 0.05) is 6.54 Å². The molecule has 21 heavy (non-hydrogen) atoms. The van der Waals surface area contributed by atoms with Gasteiger partial charge >= 0.3 is 0 Å². The zero-order chi connectivity index (χ0) is 16.3. The molecule has 0 unspecified atom stereocenters. The molecule has 0 fully saturated rings. The van der Waals surface area contributed by atoms with Gasteiger partial charge in [-0.25, -0.2) is 0 Å². The summed E-state index contributed by atoms with van der Waals surface area (Å²) in [5.41, 5.74) is -0.927. The smallest absolute Gasteiger partial charge is 0.243 e. The van der Waals surface area contributed by atoms with E-state index in [-0.39, 0.29) is 12.5 Å².